The fourth-order valence-electron chi connectivity index (χ4n) is 1.34. The molecule has 1 aromatic carbocycles. The Labute approximate surface area is 92.5 Å². The minimum absolute atomic E-state index is 0.0710. The Kier molecular flexibility index (Phi) is 3.83. The van der Waals surface area contributed by atoms with Crippen LogP contribution in [0.4, 0.5) is 8.78 Å². The van der Waals surface area contributed by atoms with E-state index in [1.165, 1.54) is 6.07 Å². The molecule has 1 aromatic rings. The van der Waals surface area contributed by atoms with Gasteiger partial charge in [-0.2, -0.15) is 0 Å². The molecule has 15 heavy (non-hydrogen) atoms. The maximum atomic E-state index is 13.3. The predicted molar refractivity (Wildman–Crippen MR) is 59.1 cm³/mol. The van der Waals surface area contributed by atoms with Crippen molar-refractivity contribution in [2.45, 2.75) is 12.8 Å². The van der Waals surface area contributed by atoms with Crippen LogP contribution in [-0.4, -0.2) is 6.54 Å². The average molecular weight is 232 g/mol. The van der Waals surface area contributed by atoms with E-state index in [0.717, 1.165) is 6.92 Å². The zero-order valence-corrected chi connectivity index (χ0v) is 9.06. The van der Waals surface area contributed by atoms with E-state index < -0.39 is 5.92 Å². The molecule has 0 spiro atoms. The average Bonchev–Trinajstić information content (AvgIpc) is 2.12. The standard InChI is InChI=1S/C11H12ClF2N/c1-11(13,14)10-8(5-3-7-15)4-2-6-9(10)12/h2-6H,7,15H2,1H3/b5-3+. The van der Waals surface area contributed by atoms with Crippen LogP contribution in [0.15, 0.2) is 24.3 Å². The van der Waals surface area contributed by atoms with Gasteiger partial charge in [0.2, 0.25) is 0 Å². The molecule has 4 heteroatoms. The summed E-state index contributed by atoms with van der Waals surface area (Å²) in [5.74, 6) is -2.95. The van der Waals surface area contributed by atoms with E-state index in [1.807, 2.05) is 0 Å². The van der Waals surface area contributed by atoms with E-state index in [0.29, 0.717) is 12.1 Å². The quantitative estimate of drug-likeness (QED) is 0.848. The lowest BCUT2D eigenvalue weighted by atomic mass is 10.0. The van der Waals surface area contributed by atoms with E-state index in [4.69, 9.17) is 17.3 Å². The molecule has 0 atom stereocenters. The molecule has 0 unspecified atom stereocenters. The first-order valence-corrected chi connectivity index (χ1v) is 4.88. The van der Waals surface area contributed by atoms with Crippen molar-refractivity contribution in [3.05, 3.63) is 40.4 Å². The highest BCUT2D eigenvalue weighted by Gasteiger charge is 2.29. The van der Waals surface area contributed by atoms with Crippen molar-refractivity contribution in [1.82, 2.24) is 0 Å². The van der Waals surface area contributed by atoms with Gasteiger partial charge in [-0.15, -0.1) is 0 Å². The maximum Gasteiger partial charge on any atom is 0.272 e. The van der Waals surface area contributed by atoms with Gasteiger partial charge in [0.15, 0.2) is 0 Å². The number of benzene rings is 1. The molecule has 0 heterocycles. The van der Waals surface area contributed by atoms with Gasteiger partial charge in [0.05, 0.1) is 5.02 Å². The van der Waals surface area contributed by atoms with Crippen LogP contribution in [0, 0.1) is 0 Å². The number of nitrogens with two attached hydrogens (primary N) is 1. The molecule has 0 aliphatic heterocycles. The van der Waals surface area contributed by atoms with Crippen LogP contribution in [0.1, 0.15) is 18.1 Å². The van der Waals surface area contributed by atoms with Gasteiger partial charge in [0.25, 0.3) is 5.92 Å². The molecule has 0 fully saturated rings. The predicted octanol–water partition coefficient (Wildman–Crippen LogP) is 3.42. The first-order valence-electron chi connectivity index (χ1n) is 4.50. The molecule has 82 valence electrons. The minimum Gasteiger partial charge on any atom is -0.327 e. The Morgan fingerprint density at radius 1 is 1.47 bits per heavy atom. The highest BCUT2D eigenvalue weighted by atomic mass is 35.5. The maximum absolute atomic E-state index is 13.3. The molecule has 0 saturated heterocycles. The van der Waals surface area contributed by atoms with Crippen molar-refractivity contribution >= 4 is 17.7 Å². The van der Waals surface area contributed by atoms with Gasteiger partial charge in [-0.25, -0.2) is 8.78 Å². The third kappa shape index (κ3) is 3.01. The van der Waals surface area contributed by atoms with Gasteiger partial charge < -0.3 is 5.73 Å². The number of rotatable bonds is 3. The molecular weight excluding hydrogens is 220 g/mol. The molecule has 0 amide bonds. The van der Waals surface area contributed by atoms with Gasteiger partial charge in [0, 0.05) is 19.0 Å². The Balaban J connectivity index is 3.27. The second kappa shape index (κ2) is 4.73. The fraction of sp³-hybridized carbons (Fsp3) is 0.273. The smallest absolute Gasteiger partial charge is 0.272 e. The van der Waals surface area contributed by atoms with Gasteiger partial charge >= 0.3 is 0 Å². The minimum atomic E-state index is -2.95. The molecule has 0 bridgehead atoms. The molecule has 1 rings (SSSR count). The van der Waals surface area contributed by atoms with Crippen LogP contribution in [0.3, 0.4) is 0 Å². The number of hydrogen-bond donors (Lipinski definition) is 1. The highest BCUT2D eigenvalue weighted by Crippen LogP contribution is 2.35. The summed E-state index contributed by atoms with van der Waals surface area (Å²) in [6.07, 6.45) is 3.17. The number of halogens is 3. The second-order valence-corrected chi connectivity index (χ2v) is 3.64. The first kappa shape index (κ1) is 12.1. The summed E-state index contributed by atoms with van der Waals surface area (Å²) in [5.41, 5.74) is 5.51. The molecule has 1 nitrogen and oxygen atoms in total. The summed E-state index contributed by atoms with van der Waals surface area (Å²) in [4.78, 5) is 0. The third-order valence-corrected chi connectivity index (χ3v) is 2.23. The van der Waals surface area contributed by atoms with Crippen LogP contribution < -0.4 is 5.73 Å². The van der Waals surface area contributed by atoms with Crippen molar-refractivity contribution in [2.75, 3.05) is 6.54 Å². The molecule has 0 saturated carbocycles. The van der Waals surface area contributed by atoms with Crippen LogP contribution in [0.25, 0.3) is 6.08 Å². The van der Waals surface area contributed by atoms with Crippen molar-refractivity contribution in [3.63, 3.8) is 0 Å². The number of hydrogen-bond acceptors (Lipinski definition) is 1. The van der Waals surface area contributed by atoms with Crippen molar-refractivity contribution in [3.8, 4) is 0 Å². The summed E-state index contributed by atoms with van der Waals surface area (Å²) >= 11 is 5.75. The lowest BCUT2D eigenvalue weighted by molar-refractivity contribution is 0.0174. The Morgan fingerprint density at radius 2 is 2.13 bits per heavy atom. The Morgan fingerprint density at radius 3 is 2.67 bits per heavy atom. The van der Waals surface area contributed by atoms with Gasteiger partial charge in [0.1, 0.15) is 0 Å². The van der Waals surface area contributed by atoms with Gasteiger partial charge in [-0.05, 0) is 11.6 Å². The third-order valence-electron chi connectivity index (χ3n) is 1.92. The fourth-order valence-corrected chi connectivity index (χ4v) is 1.69. The lowest BCUT2D eigenvalue weighted by Crippen LogP contribution is -2.10. The van der Waals surface area contributed by atoms with Crippen molar-refractivity contribution < 1.29 is 8.78 Å². The summed E-state index contributed by atoms with van der Waals surface area (Å²) < 4.78 is 26.5. The topological polar surface area (TPSA) is 26.0 Å². The van der Waals surface area contributed by atoms with Crippen molar-refractivity contribution in [1.29, 1.82) is 0 Å². The van der Waals surface area contributed by atoms with Gasteiger partial charge in [-0.1, -0.05) is 35.9 Å². The molecule has 0 aliphatic rings. The summed E-state index contributed by atoms with van der Waals surface area (Å²) in [7, 11) is 0. The van der Waals surface area contributed by atoms with Crippen LogP contribution in [0.5, 0.6) is 0 Å². The van der Waals surface area contributed by atoms with E-state index in [1.54, 1.807) is 24.3 Å². The molecule has 2 N–H and O–H groups in total. The largest absolute Gasteiger partial charge is 0.327 e. The van der Waals surface area contributed by atoms with Crippen molar-refractivity contribution in [2.24, 2.45) is 5.73 Å². The molecular formula is C11H12ClF2N. The van der Waals surface area contributed by atoms with E-state index in [9.17, 15) is 8.78 Å². The molecule has 0 radical (unpaired) electrons. The van der Waals surface area contributed by atoms with E-state index >= 15 is 0 Å². The summed E-state index contributed by atoms with van der Waals surface area (Å²) in [6, 6.07) is 4.67. The van der Waals surface area contributed by atoms with Crippen LogP contribution >= 0.6 is 11.6 Å². The summed E-state index contributed by atoms with van der Waals surface area (Å²) in [5, 5.41) is 0.0710. The number of alkyl halides is 2. The lowest BCUT2D eigenvalue weighted by Gasteiger charge is -2.15. The Hall–Kier alpha value is -0.930. The van der Waals surface area contributed by atoms with Crippen LogP contribution in [0.2, 0.25) is 5.02 Å². The highest BCUT2D eigenvalue weighted by molar-refractivity contribution is 6.31. The summed E-state index contributed by atoms with van der Waals surface area (Å²) in [6.45, 7) is 1.13. The second-order valence-electron chi connectivity index (χ2n) is 3.23. The zero-order valence-electron chi connectivity index (χ0n) is 8.31. The van der Waals surface area contributed by atoms with Gasteiger partial charge in [-0.3, -0.25) is 0 Å². The zero-order chi connectivity index (χ0) is 11.5. The Bertz CT molecular complexity index is 369. The first-order chi connectivity index (χ1) is 6.96. The van der Waals surface area contributed by atoms with E-state index in [2.05, 4.69) is 0 Å². The monoisotopic (exact) mass is 231 g/mol. The normalized spacial score (nSPS) is 12.3. The molecule has 0 aliphatic carbocycles. The van der Waals surface area contributed by atoms with Crippen LogP contribution in [-0.2, 0) is 5.92 Å². The SMILES string of the molecule is CC(F)(F)c1c(Cl)cccc1/C=C/CN. The molecule has 0 aromatic heterocycles. The van der Waals surface area contributed by atoms with E-state index in [-0.39, 0.29) is 10.6 Å².